The largest absolute Gasteiger partial charge is 0.378 e. The number of anilines is 4. The van der Waals surface area contributed by atoms with Crippen LogP contribution in [0.3, 0.4) is 0 Å². The molecule has 1 aliphatic heterocycles. The number of rotatable bonds is 4. The van der Waals surface area contributed by atoms with Gasteiger partial charge in [0.15, 0.2) is 0 Å². The van der Waals surface area contributed by atoms with Crippen LogP contribution in [0.15, 0.2) is 48.5 Å². The monoisotopic (exact) mass is 333 g/mol. The molecule has 0 atom stereocenters. The van der Waals surface area contributed by atoms with E-state index in [0.29, 0.717) is 5.95 Å². The van der Waals surface area contributed by atoms with Crippen LogP contribution in [0.25, 0.3) is 10.9 Å². The van der Waals surface area contributed by atoms with Gasteiger partial charge in [-0.2, -0.15) is 4.98 Å². The van der Waals surface area contributed by atoms with Gasteiger partial charge in [0.05, 0.1) is 5.52 Å². The third-order valence-corrected chi connectivity index (χ3v) is 4.63. The van der Waals surface area contributed by atoms with Gasteiger partial charge in [0.2, 0.25) is 5.95 Å². The number of nitrogens with one attached hydrogen (secondary N) is 1. The second-order valence-electron chi connectivity index (χ2n) is 6.65. The average Bonchev–Trinajstić information content (AvgIpc) is 3.16. The molecular formula is C20H23N5. The summed E-state index contributed by atoms with van der Waals surface area (Å²) < 4.78 is 0. The first-order chi connectivity index (χ1) is 12.2. The second kappa shape index (κ2) is 6.59. The van der Waals surface area contributed by atoms with Crippen molar-refractivity contribution in [2.24, 2.45) is 0 Å². The van der Waals surface area contributed by atoms with Crippen molar-refractivity contribution in [2.75, 3.05) is 42.3 Å². The summed E-state index contributed by atoms with van der Waals surface area (Å²) in [5.41, 5.74) is 3.14. The van der Waals surface area contributed by atoms with Gasteiger partial charge in [0, 0.05) is 43.9 Å². The van der Waals surface area contributed by atoms with Crippen molar-refractivity contribution in [3.63, 3.8) is 0 Å². The Bertz CT molecular complexity index is 867. The van der Waals surface area contributed by atoms with Crippen LogP contribution in [0.2, 0.25) is 0 Å². The van der Waals surface area contributed by atoms with E-state index in [1.54, 1.807) is 0 Å². The van der Waals surface area contributed by atoms with Gasteiger partial charge in [-0.3, -0.25) is 0 Å². The molecule has 128 valence electrons. The van der Waals surface area contributed by atoms with Crippen LogP contribution in [0.4, 0.5) is 23.1 Å². The van der Waals surface area contributed by atoms with Gasteiger partial charge in [-0.25, -0.2) is 4.98 Å². The summed E-state index contributed by atoms with van der Waals surface area (Å²) in [6, 6.07) is 16.5. The Balaban J connectivity index is 1.69. The Kier molecular flexibility index (Phi) is 4.14. The van der Waals surface area contributed by atoms with Gasteiger partial charge in [-0.1, -0.05) is 12.1 Å². The zero-order valence-corrected chi connectivity index (χ0v) is 14.7. The quantitative estimate of drug-likeness (QED) is 0.780. The van der Waals surface area contributed by atoms with Gasteiger partial charge < -0.3 is 15.1 Å². The Hall–Kier alpha value is -2.82. The molecule has 1 aliphatic rings. The highest BCUT2D eigenvalue weighted by Gasteiger charge is 2.18. The van der Waals surface area contributed by atoms with Crippen molar-refractivity contribution < 1.29 is 0 Å². The van der Waals surface area contributed by atoms with Crippen molar-refractivity contribution in [3.8, 4) is 0 Å². The fraction of sp³-hybridized carbons (Fsp3) is 0.300. The van der Waals surface area contributed by atoms with Gasteiger partial charge in [0.25, 0.3) is 0 Å². The molecule has 1 saturated heterocycles. The molecule has 0 saturated carbocycles. The minimum absolute atomic E-state index is 0.651. The molecule has 0 unspecified atom stereocenters. The molecule has 4 rings (SSSR count). The van der Waals surface area contributed by atoms with Crippen LogP contribution in [0.5, 0.6) is 0 Å². The number of hydrogen-bond donors (Lipinski definition) is 1. The Morgan fingerprint density at radius 3 is 2.36 bits per heavy atom. The lowest BCUT2D eigenvalue weighted by atomic mass is 10.2. The lowest BCUT2D eigenvalue weighted by Crippen LogP contribution is -2.20. The standard InChI is InChI=1S/C20H23N5/c1-24(2)16-11-9-15(10-12-16)21-20-22-18-8-4-3-7-17(18)19(23-20)25-13-5-6-14-25/h3-4,7-12H,5-6,13-14H2,1-2H3,(H,21,22,23). The van der Waals surface area contributed by atoms with Crippen molar-refractivity contribution in [1.29, 1.82) is 0 Å². The molecule has 2 heterocycles. The SMILES string of the molecule is CN(C)c1ccc(Nc2nc(N3CCCC3)c3ccccc3n2)cc1. The van der Waals surface area contributed by atoms with E-state index in [4.69, 9.17) is 9.97 Å². The Labute approximate surface area is 148 Å². The molecule has 5 nitrogen and oxygen atoms in total. The van der Waals surface area contributed by atoms with Gasteiger partial charge in [-0.05, 0) is 49.2 Å². The van der Waals surface area contributed by atoms with Crippen molar-refractivity contribution in [2.45, 2.75) is 12.8 Å². The number of nitrogens with zero attached hydrogens (tertiary/aromatic N) is 4. The van der Waals surface area contributed by atoms with E-state index in [-0.39, 0.29) is 0 Å². The summed E-state index contributed by atoms with van der Waals surface area (Å²) in [6.45, 7) is 2.13. The molecule has 0 amide bonds. The zero-order chi connectivity index (χ0) is 17.2. The van der Waals surface area contributed by atoms with E-state index in [2.05, 4.69) is 57.6 Å². The minimum Gasteiger partial charge on any atom is -0.378 e. The molecule has 1 N–H and O–H groups in total. The van der Waals surface area contributed by atoms with Crippen LogP contribution in [0.1, 0.15) is 12.8 Å². The maximum Gasteiger partial charge on any atom is 0.229 e. The van der Waals surface area contributed by atoms with E-state index in [9.17, 15) is 0 Å². The third kappa shape index (κ3) is 3.22. The number of para-hydroxylation sites is 1. The first-order valence-electron chi connectivity index (χ1n) is 8.77. The number of fused-ring (bicyclic) bond motifs is 1. The van der Waals surface area contributed by atoms with Gasteiger partial charge >= 0.3 is 0 Å². The van der Waals surface area contributed by atoms with Gasteiger partial charge in [-0.15, -0.1) is 0 Å². The predicted octanol–water partition coefficient (Wildman–Crippen LogP) is 4.04. The smallest absolute Gasteiger partial charge is 0.229 e. The van der Waals surface area contributed by atoms with Crippen LogP contribution >= 0.6 is 0 Å². The highest BCUT2D eigenvalue weighted by atomic mass is 15.2. The Morgan fingerprint density at radius 2 is 1.64 bits per heavy atom. The molecule has 0 spiro atoms. The van der Waals surface area contributed by atoms with E-state index in [1.807, 2.05) is 20.2 Å². The van der Waals surface area contributed by atoms with E-state index in [1.165, 1.54) is 18.5 Å². The van der Waals surface area contributed by atoms with Crippen LogP contribution < -0.4 is 15.1 Å². The summed E-state index contributed by atoms with van der Waals surface area (Å²) >= 11 is 0. The first kappa shape index (κ1) is 15.7. The van der Waals surface area contributed by atoms with E-state index in [0.717, 1.165) is 35.5 Å². The van der Waals surface area contributed by atoms with Crippen molar-refractivity contribution in [3.05, 3.63) is 48.5 Å². The maximum atomic E-state index is 4.83. The number of hydrogen-bond acceptors (Lipinski definition) is 5. The van der Waals surface area contributed by atoms with Crippen molar-refractivity contribution in [1.82, 2.24) is 9.97 Å². The summed E-state index contributed by atoms with van der Waals surface area (Å²) in [7, 11) is 4.08. The van der Waals surface area contributed by atoms with E-state index >= 15 is 0 Å². The molecule has 0 aliphatic carbocycles. The average molecular weight is 333 g/mol. The molecule has 5 heteroatoms. The molecule has 1 aromatic heterocycles. The second-order valence-corrected chi connectivity index (χ2v) is 6.65. The third-order valence-electron chi connectivity index (χ3n) is 4.63. The lowest BCUT2D eigenvalue weighted by molar-refractivity contribution is 0.941. The van der Waals surface area contributed by atoms with Crippen molar-refractivity contribution >= 4 is 34.0 Å². The molecule has 25 heavy (non-hydrogen) atoms. The fourth-order valence-corrected chi connectivity index (χ4v) is 3.26. The highest BCUT2D eigenvalue weighted by Crippen LogP contribution is 2.29. The van der Waals surface area contributed by atoms with Crippen LogP contribution in [0, 0.1) is 0 Å². The molecule has 2 aromatic carbocycles. The van der Waals surface area contributed by atoms with Crippen LogP contribution in [-0.4, -0.2) is 37.2 Å². The minimum atomic E-state index is 0.651. The summed E-state index contributed by atoms with van der Waals surface area (Å²) in [5.74, 6) is 1.69. The summed E-state index contributed by atoms with van der Waals surface area (Å²) in [4.78, 5) is 14.0. The molecular weight excluding hydrogens is 310 g/mol. The van der Waals surface area contributed by atoms with Gasteiger partial charge in [0.1, 0.15) is 5.82 Å². The summed E-state index contributed by atoms with van der Waals surface area (Å²) in [5, 5.41) is 4.48. The summed E-state index contributed by atoms with van der Waals surface area (Å²) in [6.07, 6.45) is 2.46. The molecule has 0 radical (unpaired) electrons. The number of benzene rings is 2. The van der Waals surface area contributed by atoms with Crippen LogP contribution in [-0.2, 0) is 0 Å². The maximum absolute atomic E-state index is 4.83. The normalized spacial score (nSPS) is 14.1. The molecule has 1 fully saturated rings. The lowest BCUT2D eigenvalue weighted by Gasteiger charge is -2.19. The highest BCUT2D eigenvalue weighted by molar-refractivity contribution is 5.90. The van der Waals surface area contributed by atoms with E-state index < -0.39 is 0 Å². The fourth-order valence-electron chi connectivity index (χ4n) is 3.26. The number of aromatic nitrogens is 2. The Morgan fingerprint density at radius 1 is 0.920 bits per heavy atom. The zero-order valence-electron chi connectivity index (χ0n) is 14.7. The molecule has 0 bridgehead atoms. The molecule has 3 aromatic rings. The topological polar surface area (TPSA) is 44.3 Å². The predicted molar refractivity (Wildman–Crippen MR) is 105 cm³/mol. The first-order valence-corrected chi connectivity index (χ1v) is 8.77.